The second kappa shape index (κ2) is 8.50. The van der Waals surface area contributed by atoms with Crippen LogP contribution in [0.25, 0.3) is 11.4 Å². The van der Waals surface area contributed by atoms with Crippen molar-refractivity contribution in [1.82, 2.24) is 15.5 Å². The first-order valence-electron chi connectivity index (χ1n) is 7.81. The lowest BCUT2D eigenvalue weighted by Crippen LogP contribution is -2.24. The van der Waals surface area contributed by atoms with Crippen molar-refractivity contribution >= 4 is 6.09 Å². The number of nitrogens with zero attached hydrogens (tertiary/aromatic N) is 2. The van der Waals surface area contributed by atoms with E-state index >= 15 is 0 Å². The van der Waals surface area contributed by atoms with Crippen molar-refractivity contribution in [2.24, 2.45) is 0 Å². The molecule has 2 aromatic rings. The van der Waals surface area contributed by atoms with E-state index in [2.05, 4.69) is 26.9 Å². The van der Waals surface area contributed by atoms with E-state index in [4.69, 9.17) is 4.74 Å². The molecule has 25 heavy (non-hydrogen) atoms. The van der Waals surface area contributed by atoms with Gasteiger partial charge in [0.2, 0.25) is 5.82 Å². The number of alkyl carbamates (subject to hydrolysis) is 1. The molecular weight excluding hydrogens is 339 g/mol. The van der Waals surface area contributed by atoms with E-state index in [9.17, 15) is 18.0 Å². The first kappa shape index (κ1) is 18.8. The maximum atomic E-state index is 12.4. The van der Waals surface area contributed by atoms with Gasteiger partial charge in [0, 0.05) is 12.1 Å². The normalized spacial score (nSPS) is 11.4. The molecule has 0 unspecified atom stereocenters. The first-order chi connectivity index (χ1) is 11.9. The molecule has 0 aliphatic rings. The van der Waals surface area contributed by atoms with Gasteiger partial charge >= 0.3 is 18.2 Å². The van der Waals surface area contributed by atoms with E-state index in [1.807, 2.05) is 0 Å². The lowest BCUT2D eigenvalue weighted by molar-refractivity contribution is -0.159. The van der Waals surface area contributed by atoms with E-state index < -0.39 is 18.2 Å². The number of hydrogen-bond acceptors (Lipinski definition) is 5. The number of ether oxygens (including phenoxy) is 1. The first-order valence-corrected chi connectivity index (χ1v) is 7.81. The number of carbonyl (C=O) groups is 1. The SMILES string of the molecule is CCCCCOC(=O)NCc1ccc(-c2noc(C(F)(F)F)n2)cc1. The van der Waals surface area contributed by atoms with Crippen molar-refractivity contribution in [1.29, 1.82) is 0 Å². The minimum atomic E-state index is -4.67. The van der Waals surface area contributed by atoms with Crippen LogP contribution < -0.4 is 5.32 Å². The maximum absolute atomic E-state index is 12.4. The molecule has 6 nitrogen and oxygen atoms in total. The summed E-state index contributed by atoms with van der Waals surface area (Å²) in [5.74, 6) is -1.54. The number of amides is 1. The quantitative estimate of drug-likeness (QED) is 0.753. The van der Waals surface area contributed by atoms with Crippen LogP contribution in [0, 0.1) is 0 Å². The molecule has 1 aromatic heterocycles. The summed E-state index contributed by atoms with van der Waals surface area (Å²) >= 11 is 0. The number of benzene rings is 1. The van der Waals surface area contributed by atoms with Crippen LogP contribution >= 0.6 is 0 Å². The van der Waals surface area contributed by atoms with Gasteiger partial charge in [0.05, 0.1) is 6.61 Å². The molecule has 0 saturated carbocycles. The van der Waals surface area contributed by atoms with Crippen LogP contribution in [-0.4, -0.2) is 22.8 Å². The zero-order valence-electron chi connectivity index (χ0n) is 13.6. The Balaban J connectivity index is 1.85. The maximum Gasteiger partial charge on any atom is 0.471 e. The average Bonchev–Trinajstić information content (AvgIpc) is 3.08. The highest BCUT2D eigenvalue weighted by molar-refractivity contribution is 5.67. The van der Waals surface area contributed by atoms with E-state index in [0.29, 0.717) is 12.2 Å². The van der Waals surface area contributed by atoms with Crippen molar-refractivity contribution < 1.29 is 27.2 Å². The molecule has 1 N–H and O–H groups in total. The lowest BCUT2D eigenvalue weighted by Gasteiger charge is -2.07. The number of unbranched alkanes of at least 4 members (excludes halogenated alkanes) is 2. The van der Waals surface area contributed by atoms with E-state index in [-0.39, 0.29) is 12.4 Å². The minimum Gasteiger partial charge on any atom is -0.450 e. The monoisotopic (exact) mass is 357 g/mol. The Kier molecular flexibility index (Phi) is 6.37. The Labute approximate surface area is 142 Å². The van der Waals surface area contributed by atoms with Crippen LogP contribution in [0.4, 0.5) is 18.0 Å². The number of hydrogen-bond donors (Lipinski definition) is 1. The Morgan fingerprint density at radius 2 is 1.96 bits per heavy atom. The molecule has 2 rings (SSSR count). The van der Waals surface area contributed by atoms with E-state index in [0.717, 1.165) is 24.8 Å². The Morgan fingerprint density at radius 1 is 1.24 bits per heavy atom. The summed E-state index contributed by atoms with van der Waals surface area (Å²) in [5, 5.41) is 5.91. The molecule has 1 amide bonds. The van der Waals surface area contributed by atoms with Gasteiger partial charge in [0.15, 0.2) is 0 Å². The Morgan fingerprint density at radius 3 is 2.56 bits per heavy atom. The summed E-state index contributed by atoms with van der Waals surface area (Å²) in [6.45, 7) is 2.67. The van der Waals surface area contributed by atoms with Gasteiger partial charge in [0.25, 0.3) is 0 Å². The predicted molar refractivity (Wildman–Crippen MR) is 82.4 cm³/mol. The number of alkyl halides is 3. The molecule has 0 radical (unpaired) electrons. The Bertz CT molecular complexity index is 684. The third-order valence-corrected chi connectivity index (χ3v) is 3.30. The molecule has 0 atom stereocenters. The van der Waals surface area contributed by atoms with Crippen molar-refractivity contribution in [3.63, 3.8) is 0 Å². The van der Waals surface area contributed by atoms with Gasteiger partial charge in [-0.15, -0.1) is 0 Å². The molecule has 136 valence electrons. The molecule has 0 bridgehead atoms. The number of carbonyl (C=O) groups excluding carboxylic acids is 1. The van der Waals surface area contributed by atoms with Gasteiger partial charge in [0.1, 0.15) is 0 Å². The van der Waals surface area contributed by atoms with Crippen LogP contribution in [0.2, 0.25) is 0 Å². The predicted octanol–water partition coefficient (Wildman–Crippen LogP) is 4.17. The van der Waals surface area contributed by atoms with Crippen molar-refractivity contribution in [2.75, 3.05) is 6.61 Å². The average molecular weight is 357 g/mol. The largest absolute Gasteiger partial charge is 0.471 e. The molecule has 0 fully saturated rings. The summed E-state index contributed by atoms with van der Waals surface area (Å²) < 4.78 is 46.5. The highest BCUT2D eigenvalue weighted by atomic mass is 19.4. The highest BCUT2D eigenvalue weighted by Crippen LogP contribution is 2.29. The van der Waals surface area contributed by atoms with Gasteiger partial charge in [-0.25, -0.2) is 4.79 Å². The lowest BCUT2D eigenvalue weighted by atomic mass is 10.1. The van der Waals surface area contributed by atoms with Gasteiger partial charge in [-0.2, -0.15) is 18.2 Å². The van der Waals surface area contributed by atoms with E-state index in [1.54, 1.807) is 24.3 Å². The standard InChI is InChI=1S/C16H18F3N3O3/c1-2-3-4-9-24-15(23)20-10-11-5-7-12(8-6-11)13-21-14(25-22-13)16(17,18)19/h5-8H,2-4,9-10H2,1H3,(H,20,23). The van der Waals surface area contributed by atoms with Gasteiger partial charge in [-0.05, 0) is 12.0 Å². The molecule has 9 heteroatoms. The smallest absolute Gasteiger partial charge is 0.450 e. The van der Waals surface area contributed by atoms with Crippen LogP contribution in [0.15, 0.2) is 28.8 Å². The third-order valence-electron chi connectivity index (χ3n) is 3.30. The molecule has 0 spiro atoms. The fourth-order valence-electron chi connectivity index (χ4n) is 1.97. The molecular formula is C16H18F3N3O3. The fourth-order valence-corrected chi connectivity index (χ4v) is 1.97. The van der Waals surface area contributed by atoms with Crippen LogP contribution in [-0.2, 0) is 17.5 Å². The number of rotatable bonds is 7. The molecule has 0 saturated heterocycles. The van der Waals surface area contributed by atoms with Crippen molar-refractivity contribution in [3.05, 3.63) is 35.7 Å². The van der Waals surface area contributed by atoms with Crippen LogP contribution in [0.1, 0.15) is 37.6 Å². The summed E-state index contributed by atoms with van der Waals surface area (Å²) in [7, 11) is 0. The zero-order valence-corrected chi connectivity index (χ0v) is 13.6. The van der Waals surface area contributed by atoms with Crippen LogP contribution in [0.3, 0.4) is 0 Å². The second-order valence-electron chi connectivity index (χ2n) is 5.31. The molecule has 0 aliphatic carbocycles. The second-order valence-corrected chi connectivity index (χ2v) is 5.31. The van der Waals surface area contributed by atoms with E-state index in [1.165, 1.54) is 0 Å². The molecule has 0 aliphatic heterocycles. The number of aromatic nitrogens is 2. The summed E-state index contributed by atoms with van der Waals surface area (Å²) in [6.07, 6.45) is -2.31. The van der Waals surface area contributed by atoms with Gasteiger partial charge < -0.3 is 14.6 Å². The molecule has 1 aromatic carbocycles. The Hall–Kier alpha value is -2.58. The van der Waals surface area contributed by atoms with Crippen molar-refractivity contribution in [2.45, 2.75) is 38.9 Å². The number of nitrogens with one attached hydrogen (secondary N) is 1. The highest BCUT2D eigenvalue weighted by Gasteiger charge is 2.38. The molecule has 1 heterocycles. The van der Waals surface area contributed by atoms with Crippen LogP contribution in [0.5, 0.6) is 0 Å². The minimum absolute atomic E-state index is 0.151. The van der Waals surface area contributed by atoms with Crippen molar-refractivity contribution in [3.8, 4) is 11.4 Å². The summed E-state index contributed by atoms with van der Waals surface area (Å²) in [4.78, 5) is 14.8. The number of halogens is 3. The third kappa shape index (κ3) is 5.77. The summed E-state index contributed by atoms with van der Waals surface area (Å²) in [5.41, 5.74) is 1.14. The fraction of sp³-hybridized carbons (Fsp3) is 0.438. The zero-order chi connectivity index (χ0) is 18.3. The summed E-state index contributed by atoms with van der Waals surface area (Å²) in [6, 6.07) is 6.40. The van der Waals surface area contributed by atoms with Gasteiger partial charge in [-0.1, -0.05) is 49.2 Å². The topological polar surface area (TPSA) is 77.2 Å². The van der Waals surface area contributed by atoms with Gasteiger partial charge in [-0.3, -0.25) is 0 Å².